The maximum absolute atomic E-state index is 14.6. The molecule has 2 unspecified atom stereocenters. The summed E-state index contributed by atoms with van der Waals surface area (Å²) in [6.07, 6.45) is 3.40. The van der Waals surface area contributed by atoms with Crippen molar-refractivity contribution in [3.05, 3.63) is 74.2 Å². The number of nitrogens with one attached hydrogen (secondary N) is 1. The number of aromatic nitrogens is 2. The Labute approximate surface area is 236 Å². The second kappa shape index (κ2) is 11.7. The first-order valence-corrected chi connectivity index (χ1v) is 13.7. The van der Waals surface area contributed by atoms with Crippen molar-refractivity contribution in [1.29, 1.82) is 0 Å². The van der Waals surface area contributed by atoms with Crippen LogP contribution < -0.4 is 10.2 Å². The maximum Gasteiger partial charge on any atom is 0.360 e. The molecule has 4 heterocycles. The minimum atomic E-state index is -1.23. The number of nitrogens with zero attached hydrogens (tertiary/aromatic N) is 4. The fourth-order valence-corrected chi connectivity index (χ4v) is 5.47. The normalized spacial score (nSPS) is 18.9. The average Bonchev–Trinajstić information content (AvgIpc) is 3.73. The minimum Gasteiger partial charge on any atom is -0.463 e. The molecule has 210 valence electrons. The Bertz CT molecular complexity index is 1490. The van der Waals surface area contributed by atoms with E-state index in [0.29, 0.717) is 36.1 Å². The number of hydrogen-bond donors (Lipinski definition) is 1. The van der Waals surface area contributed by atoms with Crippen molar-refractivity contribution in [3.63, 3.8) is 0 Å². The fourth-order valence-electron chi connectivity index (χ4n) is 4.62. The van der Waals surface area contributed by atoms with Crippen LogP contribution >= 0.6 is 22.9 Å². The second-order valence-electron chi connectivity index (χ2n) is 8.82. The molecular formula is C26H24ClF2N5O5S. The summed E-state index contributed by atoms with van der Waals surface area (Å²) >= 11 is 7.57. The molecule has 2 atom stereocenters. The van der Waals surface area contributed by atoms with Gasteiger partial charge in [0.05, 0.1) is 23.8 Å². The van der Waals surface area contributed by atoms with Crippen LogP contribution in [0.1, 0.15) is 47.4 Å². The standard InChI is InChI=1S/C26H24ClF2N5O5S/c1-3-37-24(35)16-12-39-26(31-16)34-9-7-13(11-34)20-17(25(36)38-4-2)21(14-5-6-15(28)19(29)18(14)27)33-22(32-20)23-30-8-10-40-23/h5-6,8,10,12-13,21H,3-4,7,9,11H2,1-2H3,(H,32,33). The highest BCUT2D eigenvalue weighted by molar-refractivity contribution is 7.11. The molecule has 14 heteroatoms. The lowest BCUT2D eigenvalue weighted by molar-refractivity contribution is -0.139. The number of oxazole rings is 1. The molecule has 2 aromatic heterocycles. The highest BCUT2D eigenvalue weighted by atomic mass is 35.5. The van der Waals surface area contributed by atoms with Crippen LogP contribution in [0, 0.1) is 17.6 Å². The van der Waals surface area contributed by atoms with Crippen molar-refractivity contribution in [3.8, 4) is 0 Å². The van der Waals surface area contributed by atoms with E-state index in [1.54, 1.807) is 25.4 Å². The topological polar surface area (TPSA) is 119 Å². The molecule has 0 saturated carbocycles. The largest absolute Gasteiger partial charge is 0.463 e. The van der Waals surface area contributed by atoms with Crippen LogP contribution in [0.5, 0.6) is 0 Å². The van der Waals surface area contributed by atoms with Crippen molar-refractivity contribution < 1.29 is 32.3 Å². The molecule has 0 aliphatic carbocycles. The quantitative estimate of drug-likeness (QED) is 0.294. The van der Waals surface area contributed by atoms with Crippen LogP contribution in [-0.2, 0) is 14.3 Å². The lowest BCUT2D eigenvalue weighted by Crippen LogP contribution is -2.38. The molecule has 40 heavy (non-hydrogen) atoms. The Hall–Kier alpha value is -3.84. The molecule has 0 spiro atoms. The number of hydrogen-bond acceptors (Lipinski definition) is 11. The molecule has 3 aromatic rings. The zero-order chi connectivity index (χ0) is 28.4. The predicted molar refractivity (Wildman–Crippen MR) is 142 cm³/mol. The van der Waals surface area contributed by atoms with E-state index < -0.39 is 34.6 Å². The number of rotatable bonds is 8. The van der Waals surface area contributed by atoms with E-state index in [1.165, 1.54) is 23.7 Å². The first-order valence-electron chi connectivity index (χ1n) is 12.5. The first kappa shape index (κ1) is 27.7. The van der Waals surface area contributed by atoms with Crippen LogP contribution in [0.2, 0.25) is 5.02 Å². The van der Waals surface area contributed by atoms with Crippen LogP contribution in [-0.4, -0.2) is 54.0 Å². The molecule has 0 amide bonds. The number of halogens is 3. The Kier molecular flexibility index (Phi) is 8.12. The summed E-state index contributed by atoms with van der Waals surface area (Å²) in [4.78, 5) is 40.5. The van der Waals surface area contributed by atoms with Crippen LogP contribution in [0.25, 0.3) is 0 Å². The zero-order valence-corrected chi connectivity index (χ0v) is 23.0. The van der Waals surface area contributed by atoms with E-state index in [4.69, 9.17) is 25.5 Å². The molecule has 10 nitrogen and oxygen atoms in total. The van der Waals surface area contributed by atoms with Gasteiger partial charge in [0, 0.05) is 41.8 Å². The van der Waals surface area contributed by atoms with Crippen molar-refractivity contribution in [2.45, 2.75) is 26.3 Å². The number of ether oxygens (including phenoxy) is 2. The Morgan fingerprint density at radius 3 is 2.73 bits per heavy atom. The number of anilines is 1. The highest BCUT2D eigenvalue weighted by Gasteiger charge is 2.40. The summed E-state index contributed by atoms with van der Waals surface area (Å²) in [6.45, 7) is 4.50. The van der Waals surface area contributed by atoms with Gasteiger partial charge in [-0.1, -0.05) is 17.7 Å². The van der Waals surface area contributed by atoms with Crippen molar-refractivity contribution >= 4 is 46.7 Å². The molecule has 1 aromatic carbocycles. The number of benzene rings is 1. The summed E-state index contributed by atoms with van der Waals surface area (Å²) in [6, 6.07) is 1.39. The lowest BCUT2D eigenvalue weighted by atomic mass is 9.90. The minimum absolute atomic E-state index is 0.0498. The van der Waals surface area contributed by atoms with Gasteiger partial charge in [0.2, 0.25) is 0 Å². The van der Waals surface area contributed by atoms with Crippen molar-refractivity contribution in [2.24, 2.45) is 10.9 Å². The van der Waals surface area contributed by atoms with Crippen molar-refractivity contribution in [2.75, 3.05) is 31.2 Å². The first-order chi connectivity index (χ1) is 19.3. The monoisotopic (exact) mass is 591 g/mol. The maximum atomic E-state index is 14.6. The summed E-state index contributed by atoms with van der Waals surface area (Å²) in [5.74, 6) is -3.55. The smallest absolute Gasteiger partial charge is 0.360 e. The highest BCUT2D eigenvalue weighted by Crippen LogP contribution is 2.41. The van der Waals surface area contributed by atoms with Crippen LogP contribution in [0.15, 0.2) is 50.7 Å². The molecule has 0 radical (unpaired) electrons. The van der Waals surface area contributed by atoms with Gasteiger partial charge in [0.25, 0.3) is 6.01 Å². The lowest BCUT2D eigenvalue weighted by Gasteiger charge is -2.30. The van der Waals surface area contributed by atoms with Gasteiger partial charge >= 0.3 is 11.9 Å². The third-order valence-electron chi connectivity index (χ3n) is 6.41. The van der Waals surface area contributed by atoms with Crippen LogP contribution in [0.4, 0.5) is 14.8 Å². The van der Waals surface area contributed by atoms with Gasteiger partial charge in [-0.05, 0) is 26.3 Å². The van der Waals surface area contributed by atoms with Gasteiger partial charge in [0.15, 0.2) is 28.2 Å². The summed E-state index contributed by atoms with van der Waals surface area (Å²) in [5, 5.41) is 5.08. The zero-order valence-electron chi connectivity index (χ0n) is 21.4. The number of esters is 2. The van der Waals surface area contributed by atoms with E-state index in [-0.39, 0.29) is 42.0 Å². The van der Waals surface area contributed by atoms with Gasteiger partial charge in [-0.15, -0.1) is 11.3 Å². The number of amidine groups is 1. The van der Waals surface area contributed by atoms with Gasteiger partial charge in [-0.2, -0.15) is 4.98 Å². The van der Waals surface area contributed by atoms with Gasteiger partial charge in [-0.25, -0.2) is 23.4 Å². The SMILES string of the molecule is CCOC(=O)C1=C(C2CCN(c3nc(C(=O)OCC)co3)C2)NC(c2nccs2)=NC1c1ccc(F)c(F)c1Cl. The van der Waals surface area contributed by atoms with Gasteiger partial charge < -0.3 is 24.1 Å². The van der Waals surface area contributed by atoms with Crippen molar-refractivity contribution in [1.82, 2.24) is 15.3 Å². The van der Waals surface area contributed by atoms with E-state index in [1.807, 2.05) is 4.90 Å². The Balaban J connectivity index is 1.56. The Morgan fingerprint density at radius 1 is 1.23 bits per heavy atom. The predicted octanol–water partition coefficient (Wildman–Crippen LogP) is 4.67. The van der Waals surface area contributed by atoms with Crippen LogP contribution in [0.3, 0.4) is 0 Å². The molecule has 2 aliphatic rings. The number of aliphatic imine (C=N–C) groups is 1. The third kappa shape index (κ3) is 5.30. The van der Waals surface area contributed by atoms with E-state index >= 15 is 0 Å². The molecule has 1 N–H and O–H groups in total. The fraction of sp³-hybridized carbons (Fsp3) is 0.346. The molecule has 1 fully saturated rings. The summed E-state index contributed by atoms with van der Waals surface area (Å²) in [5.41, 5.74) is 0.776. The van der Waals surface area contributed by atoms with E-state index in [0.717, 1.165) is 6.07 Å². The summed E-state index contributed by atoms with van der Waals surface area (Å²) < 4.78 is 44.4. The summed E-state index contributed by atoms with van der Waals surface area (Å²) in [7, 11) is 0. The number of carbonyl (C=O) groups excluding carboxylic acids is 2. The number of carbonyl (C=O) groups is 2. The Morgan fingerprint density at radius 2 is 2.00 bits per heavy atom. The molecular weight excluding hydrogens is 568 g/mol. The molecule has 0 bridgehead atoms. The average molecular weight is 592 g/mol. The van der Waals surface area contributed by atoms with Gasteiger partial charge in [-0.3, -0.25) is 4.99 Å². The molecule has 1 saturated heterocycles. The second-order valence-corrected chi connectivity index (χ2v) is 10.1. The van der Waals surface area contributed by atoms with Gasteiger partial charge in [0.1, 0.15) is 12.3 Å². The third-order valence-corrected chi connectivity index (χ3v) is 7.57. The molecule has 5 rings (SSSR count). The number of thiazole rings is 1. The molecule has 2 aliphatic heterocycles. The van der Waals surface area contributed by atoms with E-state index in [9.17, 15) is 18.4 Å². The van der Waals surface area contributed by atoms with E-state index in [2.05, 4.69) is 20.3 Å².